The van der Waals surface area contributed by atoms with Crippen molar-refractivity contribution in [2.75, 3.05) is 6.61 Å². The fourth-order valence-corrected chi connectivity index (χ4v) is 11.0. The van der Waals surface area contributed by atoms with Crippen LogP contribution < -0.4 is 15.7 Å². The molecule has 2 amide bonds. The van der Waals surface area contributed by atoms with Gasteiger partial charge in [-0.1, -0.05) is 88.0 Å². The Morgan fingerprint density at radius 1 is 0.848 bits per heavy atom. The van der Waals surface area contributed by atoms with Gasteiger partial charge in [0, 0.05) is 31.2 Å². The number of ether oxygens (including phenoxy) is 2. The molecule has 1 fully saturated rings. The summed E-state index contributed by atoms with van der Waals surface area (Å²) in [6.07, 6.45) is 0.641. The van der Waals surface area contributed by atoms with Crippen LogP contribution in [0, 0.1) is 5.92 Å². The highest BCUT2D eigenvalue weighted by atomic mass is 28.4. The summed E-state index contributed by atoms with van der Waals surface area (Å²) in [5.74, 6) is -0.910. The third-order valence-electron chi connectivity index (χ3n) is 8.07. The predicted octanol–water partition coefficient (Wildman–Crippen LogP) is 6.33. The molecule has 1 aliphatic heterocycles. The maximum Gasteiger partial charge on any atom is 0.411 e. The van der Waals surface area contributed by atoms with Crippen LogP contribution in [0.4, 0.5) is 4.79 Å². The smallest absolute Gasteiger partial charge is 0.411 e. The fourth-order valence-electron chi connectivity index (χ4n) is 6.35. The monoisotopic (exact) mass is 650 g/mol. The molecule has 1 N–H and O–H groups in total. The van der Waals surface area contributed by atoms with Gasteiger partial charge in [0.2, 0.25) is 5.91 Å². The maximum atomic E-state index is 13.9. The van der Waals surface area contributed by atoms with E-state index in [1.165, 1.54) is 6.92 Å². The van der Waals surface area contributed by atoms with Crippen LogP contribution in [-0.4, -0.2) is 61.1 Å². The number of nitrogens with one attached hydrogen (secondary N) is 1. The highest BCUT2D eigenvalue weighted by Crippen LogP contribution is 2.40. The molecule has 2 aromatic carbocycles. The largest absolute Gasteiger partial charge is 0.458 e. The first-order valence-corrected chi connectivity index (χ1v) is 18.1. The van der Waals surface area contributed by atoms with Gasteiger partial charge in [0.15, 0.2) is 0 Å². The second kappa shape index (κ2) is 14.5. The number of likely N-dealkylation sites (tertiary alicyclic amines) is 1. The number of benzene rings is 2. The van der Waals surface area contributed by atoms with E-state index < -0.39 is 43.7 Å². The number of carbonyl (C=O) groups is 3. The second-order valence-corrected chi connectivity index (χ2v) is 19.6. The molecule has 0 aromatic heterocycles. The van der Waals surface area contributed by atoms with Crippen LogP contribution >= 0.6 is 0 Å². The summed E-state index contributed by atoms with van der Waals surface area (Å²) >= 11 is 0. The molecule has 0 aliphatic carbocycles. The summed E-state index contributed by atoms with van der Waals surface area (Å²) in [7, 11) is -2.91. The summed E-state index contributed by atoms with van der Waals surface area (Å²) in [5, 5.41) is 4.81. The Kier molecular flexibility index (Phi) is 11.7. The Balaban J connectivity index is 2.11. The zero-order valence-corrected chi connectivity index (χ0v) is 30.4. The minimum absolute atomic E-state index is 0.210. The molecule has 46 heavy (non-hydrogen) atoms. The summed E-state index contributed by atoms with van der Waals surface area (Å²) in [6.45, 7) is 23.3. The van der Waals surface area contributed by atoms with Gasteiger partial charge in [-0.3, -0.25) is 9.69 Å². The van der Waals surface area contributed by atoms with E-state index in [1.54, 1.807) is 25.7 Å². The lowest BCUT2D eigenvalue weighted by Gasteiger charge is -2.44. The van der Waals surface area contributed by atoms with Crippen molar-refractivity contribution in [3.63, 3.8) is 0 Å². The molecule has 9 heteroatoms. The van der Waals surface area contributed by atoms with Crippen molar-refractivity contribution in [1.82, 2.24) is 10.2 Å². The summed E-state index contributed by atoms with van der Waals surface area (Å²) < 4.78 is 19.1. The van der Waals surface area contributed by atoms with Crippen molar-refractivity contribution < 1.29 is 28.3 Å². The van der Waals surface area contributed by atoms with Crippen molar-refractivity contribution >= 4 is 36.7 Å². The molecule has 0 radical (unpaired) electrons. The van der Waals surface area contributed by atoms with Crippen molar-refractivity contribution in [3.05, 3.63) is 72.9 Å². The predicted molar refractivity (Wildman–Crippen MR) is 185 cm³/mol. The molecule has 0 spiro atoms. The third kappa shape index (κ3) is 9.32. The molecule has 252 valence electrons. The van der Waals surface area contributed by atoms with E-state index in [1.807, 2.05) is 57.2 Å². The highest BCUT2D eigenvalue weighted by molar-refractivity contribution is 6.99. The quantitative estimate of drug-likeness (QED) is 0.239. The van der Waals surface area contributed by atoms with Crippen LogP contribution in [-0.2, 0) is 23.5 Å². The van der Waals surface area contributed by atoms with Crippen molar-refractivity contribution in [3.8, 4) is 0 Å². The van der Waals surface area contributed by atoms with E-state index in [9.17, 15) is 14.4 Å². The van der Waals surface area contributed by atoms with Gasteiger partial charge in [-0.15, -0.1) is 0 Å². The second-order valence-electron chi connectivity index (χ2n) is 15.3. The Morgan fingerprint density at radius 2 is 1.35 bits per heavy atom. The van der Waals surface area contributed by atoms with E-state index >= 15 is 0 Å². The number of esters is 1. The van der Waals surface area contributed by atoms with Gasteiger partial charge >= 0.3 is 12.1 Å². The topological polar surface area (TPSA) is 94.2 Å². The van der Waals surface area contributed by atoms with Gasteiger partial charge < -0.3 is 19.2 Å². The Morgan fingerprint density at radius 3 is 1.78 bits per heavy atom. The van der Waals surface area contributed by atoms with Gasteiger partial charge in [0.1, 0.15) is 17.2 Å². The molecule has 0 saturated carbocycles. The summed E-state index contributed by atoms with van der Waals surface area (Å²) in [5.41, 5.74) is -0.970. The molecule has 2 aromatic rings. The average Bonchev–Trinajstić information content (AvgIpc) is 3.29. The van der Waals surface area contributed by atoms with Gasteiger partial charge in [-0.25, -0.2) is 9.59 Å². The zero-order valence-electron chi connectivity index (χ0n) is 29.4. The number of nitrogens with zero attached hydrogens (tertiary/aromatic N) is 1. The van der Waals surface area contributed by atoms with Gasteiger partial charge in [-0.05, 0) is 76.2 Å². The molecule has 8 nitrogen and oxygen atoms in total. The maximum absolute atomic E-state index is 13.9. The normalized spacial score (nSPS) is 19.0. The van der Waals surface area contributed by atoms with Crippen molar-refractivity contribution in [1.29, 1.82) is 0 Å². The molecule has 3 atom stereocenters. The molecule has 1 aliphatic rings. The number of hydrogen-bond donors (Lipinski definition) is 1. The third-order valence-corrected chi connectivity index (χ3v) is 13.1. The number of allylic oxidation sites excluding steroid dienone is 1. The number of hydrogen-bond acceptors (Lipinski definition) is 6. The minimum Gasteiger partial charge on any atom is -0.458 e. The first-order valence-electron chi connectivity index (χ1n) is 16.2. The molecule has 0 bridgehead atoms. The van der Waals surface area contributed by atoms with Crippen LogP contribution in [0.2, 0.25) is 5.04 Å². The first-order chi connectivity index (χ1) is 21.2. The molecule has 1 heterocycles. The molecule has 1 saturated heterocycles. The Labute approximate surface area is 277 Å². The first kappa shape index (κ1) is 37.0. The standard InChI is InChI=1S/C37H54N2O6Si/c1-26(38-27(2)40)22-23-31-28(24-32(33(41)44-35(3,4)5)39(31)34(42)45-36(6,7)8)25-43-46(37(9,10)11,29-18-14-12-15-19-29)30-20-16-13-17-21-30/h12-21,28,31-32H,1,22-25H2,2-11H3,(H,38,40)/t28-,31+,32+/m0/s1. The van der Waals surface area contributed by atoms with E-state index in [4.69, 9.17) is 13.9 Å². The van der Waals surface area contributed by atoms with E-state index in [0.717, 1.165) is 10.4 Å². The van der Waals surface area contributed by atoms with E-state index in [-0.39, 0.29) is 16.9 Å². The van der Waals surface area contributed by atoms with Gasteiger partial charge in [0.25, 0.3) is 8.32 Å². The lowest BCUT2D eigenvalue weighted by atomic mass is 9.95. The van der Waals surface area contributed by atoms with E-state index in [0.29, 0.717) is 31.6 Å². The van der Waals surface area contributed by atoms with Crippen molar-refractivity contribution in [2.45, 2.75) is 117 Å². The molecular weight excluding hydrogens is 597 g/mol. The van der Waals surface area contributed by atoms with Crippen LogP contribution in [0.5, 0.6) is 0 Å². The zero-order chi connectivity index (χ0) is 34.5. The molecule has 0 unspecified atom stereocenters. The summed E-state index contributed by atoms with van der Waals surface area (Å²) in [4.78, 5) is 41.0. The van der Waals surface area contributed by atoms with Crippen LogP contribution in [0.3, 0.4) is 0 Å². The minimum atomic E-state index is -2.91. The van der Waals surface area contributed by atoms with Gasteiger partial charge in [0.05, 0.1) is 0 Å². The van der Waals surface area contributed by atoms with Crippen molar-refractivity contribution in [2.24, 2.45) is 5.92 Å². The molecular formula is C37H54N2O6Si. The highest BCUT2D eigenvalue weighted by Gasteiger charge is 2.53. The SMILES string of the molecule is C=C(CC[C@@H]1[C@H](CO[Si](c2ccccc2)(c2ccccc2)C(C)(C)C)C[C@H](C(=O)OC(C)(C)C)N1C(=O)OC(C)(C)C)NC(C)=O. The van der Waals surface area contributed by atoms with Crippen LogP contribution in [0.1, 0.15) is 88.5 Å². The Hall–Kier alpha value is -3.43. The Bertz CT molecular complexity index is 1320. The molecule has 3 rings (SSSR count). The van der Waals surface area contributed by atoms with Crippen LogP contribution in [0.15, 0.2) is 72.9 Å². The van der Waals surface area contributed by atoms with Crippen LogP contribution in [0.25, 0.3) is 0 Å². The number of amides is 2. The lowest BCUT2D eigenvalue weighted by molar-refractivity contribution is -0.160. The number of rotatable bonds is 10. The fraction of sp³-hybridized carbons (Fsp3) is 0.541. The average molecular weight is 651 g/mol. The van der Waals surface area contributed by atoms with E-state index in [2.05, 4.69) is 56.9 Å². The van der Waals surface area contributed by atoms with Gasteiger partial charge in [-0.2, -0.15) is 0 Å². The summed E-state index contributed by atoms with van der Waals surface area (Å²) in [6, 6.07) is 19.5. The lowest BCUT2D eigenvalue weighted by Crippen LogP contribution is -2.67. The number of carbonyl (C=O) groups excluding carboxylic acids is 3.